The van der Waals surface area contributed by atoms with Gasteiger partial charge in [-0.15, -0.1) is 12.6 Å². The molecule has 0 saturated carbocycles. The molecule has 2 aromatic carbocycles. The highest BCUT2D eigenvalue weighted by Crippen LogP contribution is 2.54. The third-order valence-corrected chi connectivity index (χ3v) is 7.02. The molecule has 1 saturated heterocycles. The summed E-state index contributed by atoms with van der Waals surface area (Å²) in [4.78, 5) is 31.8. The number of benzene rings is 2. The molecule has 1 aliphatic carbocycles. The molecule has 0 radical (unpaired) electrons. The monoisotopic (exact) mass is 473 g/mol. The van der Waals surface area contributed by atoms with Gasteiger partial charge in [-0.2, -0.15) is 0 Å². The Morgan fingerprint density at radius 1 is 1.15 bits per heavy atom. The van der Waals surface area contributed by atoms with Crippen LogP contribution in [0.5, 0.6) is 0 Å². The Labute approximate surface area is 207 Å². The highest BCUT2D eigenvalue weighted by Gasteiger charge is 2.68. The highest BCUT2D eigenvalue weighted by molar-refractivity contribution is 7.84. The van der Waals surface area contributed by atoms with Crippen LogP contribution >= 0.6 is 12.6 Å². The number of carbonyl (C=O) groups is 2. The van der Waals surface area contributed by atoms with Crippen molar-refractivity contribution in [1.82, 2.24) is 9.80 Å². The van der Waals surface area contributed by atoms with Crippen molar-refractivity contribution < 1.29 is 9.59 Å². The lowest BCUT2D eigenvalue weighted by atomic mass is 9.94. The predicted octanol–water partition coefficient (Wildman–Crippen LogP) is 5.29. The van der Waals surface area contributed by atoms with Gasteiger partial charge in [0.2, 0.25) is 0 Å². The maximum atomic E-state index is 13.9. The molecule has 2 aromatic rings. The fourth-order valence-electron chi connectivity index (χ4n) is 4.79. The number of carbonyl (C=O) groups excluding carboxylic acids is 2. The standard InChI is InChI=1S/C28H31N3O2S/c1-6-10-23(34)17-31-26(32)24(21-11-8-7-9-12-21)30(5)27(33)28(31)19(4)25(28)29-22-15-13-20(14-16-22)18(2)3/h6-16,18,24,29,34H,1,17H2,2-5H3/b23-10-. The lowest BCUT2D eigenvalue weighted by molar-refractivity contribution is -0.161. The Bertz CT molecular complexity index is 1180. The molecule has 1 spiro atoms. The molecule has 2 unspecified atom stereocenters. The van der Waals surface area contributed by atoms with Gasteiger partial charge in [0.15, 0.2) is 5.54 Å². The fourth-order valence-corrected chi connectivity index (χ4v) is 5.04. The van der Waals surface area contributed by atoms with Gasteiger partial charge >= 0.3 is 0 Å². The van der Waals surface area contributed by atoms with E-state index in [1.807, 2.05) is 49.4 Å². The van der Waals surface area contributed by atoms with Crippen molar-refractivity contribution in [2.75, 3.05) is 18.9 Å². The lowest BCUT2D eigenvalue weighted by Crippen LogP contribution is -2.64. The number of anilines is 1. The minimum Gasteiger partial charge on any atom is -0.356 e. The molecule has 0 bridgehead atoms. The van der Waals surface area contributed by atoms with Crippen LogP contribution < -0.4 is 5.32 Å². The number of hydrogen-bond acceptors (Lipinski definition) is 4. The molecule has 4 rings (SSSR count). The van der Waals surface area contributed by atoms with Crippen molar-refractivity contribution in [3.8, 4) is 0 Å². The Morgan fingerprint density at radius 3 is 2.38 bits per heavy atom. The van der Waals surface area contributed by atoms with Gasteiger partial charge in [-0.05, 0) is 41.7 Å². The predicted molar refractivity (Wildman–Crippen MR) is 141 cm³/mol. The van der Waals surface area contributed by atoms with Crippen LogP contribution in [0.4, 0.5) is 5.69 Å². The Balaban J connectivity index is 1.71. The number of allylic oxidation sites excluding steroid dienone is 2. The molecular weight excluding hydrogens is 442 g/mol. The van der Waals surface area contributed by atoms with E-state index >= 15 is 0 Å². The molecule has 176 valence electrons. The van der Waals surface area contributed by atoms with Gasteiger partial charge in [-0.25, -0.2) is 0 Å². The van der Waals surface area contributed by atoms with E-state index in [0.717, 1.165) is 22.5 Å². The second kappa shape index (κ2) is 9.18. The first-order valence-corrected chi connectivity index (χ1v) is 11.9. The van der Waals surface area contributed by atoms with Crippen LogP contribution in [0.25, 0.3) is 0 Å². The lowest BCUT2D eigenvalue weighted by Gasteiger charge is -2.45. The average molecular weight is 474 g/mol. The molecule has 5 nitrogen and oxygen atoms in total. The minimum atomic E-state index is -1.13. The molecular formula is C28H31N3O2S. The number of amides is 2. The Kier molecular flexibility index (Phi) is 6.45. The van der Waals surface area contributed by atoms with Crippen molar-refractivity contribution in [1.29, 1.82) is 0 Å². The summed E-state index contributed by atoms with van der Waals surface area (Å²) in [7, 11) is 1.71. The number of piperazine rings is 1. The number of nitrogens with zero attached hydrogens (tertiary/aromatic N) is 2. The number of nitrogens with one attached hydrogen (secondary N) is 1. The third kappa shape index (κ3) is 3.86. The minimum absolute atomic E-state index is 0.125. The molecule has 1 N–H and O–H groups in total. The van der Waals surface area contributed by atoms with Crippen molar-refractivity contribution in [3.63, 3.8) is 0 Å². The van der Waals surface area contributed by atoms with Crippen LogP contribution in [0.2, 0.25) is 0 Å². The van der Waals surface area contributed by atoms with Gasteiger partial charge in [0.1, 0.15) is 6.04 Å². The molecule has 1 fully saturated rings. The summed E-state index contributed by atoms with van der Waals surface area (Å²) in [5, 5.41) is 3.43. The summed E-state index contributed by atoms with van der Waals surface area (Å²) in [5.74, 6) is 0.174. The van der Waals surface area contributed by atoms with Crippen LogP contribution in [0.3, 0.4) is 0 Å². The van der Waals surface area contributed by atoms with Gasteiger partial charge in [-0.1, -0.05) is 75.0 Å². The van der Waals surface area contributed by atoms with Gasteiger partial charge < -0.3 is 15.1 Å². The summed E-state index contributed by atoms with van der Waals surface area (Å²) >= 11 is 4.56. The zero-order chi connectivity index (χ0) is 24.6. The molecule has 0 aromatic heterocycles. The SMILES string of the molecule is C=C/C=C(\S)CN1C(=O)C(c2ccccc2)N(C)C(=O)C12C(C)=C2Nc1ccc(C(C)C)cc1. The summed E-state index contributed by atoms with van der Waals surface area (Å²) in [6, 6.07) is 16.9. The van der Waals surface area contributed by atoms with Gasteiger partial charge in [-0.3, -0.25) is 9.59 Å². The maximum Gasteiger partial charge on any atom is 0.259 e. The zero-order valence-electron chi connectivity index (χ0n) is 20.1. The van der Waals surface area contributed by atoms with Crippen molar-refractivity contribution in [2.45, 2.75) is 38.3 Å². The van der Waals surface area contributed by atoms with E-state index in [4.69, 9.17) is 0 Å². The average Bonchev–Trinajstić information content (AvgIpc) is 3.40. The zero-order valence-corrected chi connectivity index (χ0v) is 21.0. The largest absolute Gasteiger partial charge is 0.356 e. The smallest absolute Gasteiger partial charge is 0.259 e. The number of likely N-dealkylation sites (N-methyl/N-ethyl adjacent to an activating group) is 1. The van der Waals surface area contributed by atoms with Crippen LogP contribution in [0.15, 0.2) is 89.5 Å². The van der Waals surface area contributed by atoms with E-state index in [1.54, 1.807) is 29.0 Å². The third-order valence-electron chi connectivity index (χ3n) is 6.73. The van der Waals surface area contributed by atoms with Gasteiger partial charge in [0.25, 0.3) is 11.8 Å². The van der Waals surface area contributed by atoms with E-state index in [-0.39, 0.29) is 18.4 Å². The molecule has 1 aliphatic heterocycles. The second-order valence-electron chi connectivity index (χ2n) is 9.16. The molecule has 2 atom stereocenters. The van der Waals surface area contributed by atoms with E-state index in [0.29, 0.717) is 10.8 Å². The quantitative estimate of drug-likeness (QED) is 0.424. The summed E-state index contributed by atoms with van der Waals surface area (Å²) < 4.78 is 0. The van der Waals surface area contributed by atoms with Gasteiger partial charge in [0, 0.05) is 17.6 Å². The van der Waals surface area contributed by atoms with E-state index in [2.05, 4.69) is 50.5 Å². The van der Waals surface area contributed by atoms with Gasteiger partial charge in [0.05, 0.1) is 12.2 Å². The van der Waals surface area contributed by atoms with Crippen LogP contribution in [0, 0.1) is 0 Å². The van der Waals surface area contributed by atoms with Crippen LogP contribution in [-0.2, 0) is 9.59 Å². The number of thiol groups is 1. The normalized spacial score (nSPS) is 22.6. The highest BCUT2D eigenvalue weighted by atomic mass is 32.1. The topological polar surface area (TPSA) is 52.7 Å². The summed E-state index contributed by atoms with van der Waals surface area (Å²) in [6.45, 7) is 10.2. The van der Waals surface area contributed by atoms with E-state index < -0.39 is 11.6 Å². The summed E-state index contributed by atoms with van der Waals surface area (Å²) in [5.41, 5.74) is 3.38. The fraction of sp³-hybridized carbons (Fsp3) is 0.286. The van der Waals surface area contributed by atoms with Crippen molar-refractivity contribution >= 4 is 30.1 Å². The molecule has 2 amide bonds. The van der Waals surface area contributed by atoms with Crippen molar-refractivity contribution in [3.05, 3.63) is 101 Å². The molecule has 2 aliphatic rings. The Hall–Kier alpha value is -3.25. The Morgan fingerprint density at radius 2 is 1.79 bits per heavy atom. The summed E-state index contributed by atoms with van der Waals surface area (Å²) in [6.07, 6.45) is 3.38. The molecule has 1 heterocycles. The second-order valence-corrected chi connectivity index (χ2v) is 9.73. The van der Waals surface area contributed by atoms with E-state index in [1.165, 1.54) is 5.56 Å². The van der Waals surface area contributed by atoms with Crippen LogP contribution in [-0.4, -0.2) is 40.7 Å². The van der Waals surface area contributed by atoms with E-state index in [9.17, 15) is 9.59 Å². The molecule has 6 heteroatoms. The maximum absolute atomic E-state index is 13.9. The number of rotatable bonds is 7. The van der Waals surface area contributed by atoms with Crippen molar-refractivity contribution in [2.24, 2.45) is 0 Å². The first-order valence-electron chi connectivity index (χ1n) is 11.5. The molecule has 34 heavy (non-hydrogen) atoms. The number of hydrogen-bond donors (Lipinski definition) is 2. The van der Waals surface area contributed by atoms with Crippen LogP contribution in [0.1, 0.15) is 43.9 Å². The first-order chi connectivity index (χ1) is 16.2. The first kappa shape index (κ1) is 23.9.